The summed E-state index contributed by atoms with van der Waals surface area (Å²) in [5.74, 6) is 0.337. The van der Waals surface area contributed by atoms with E-state index in [9.17, 15) is 4.79 Å². The molecule has 1 aliphatic rings. The monoisotopic (exact) mass is 262 g/mol. The predicted molar refractivity (Wildman–Crippen MR) is 74.5 cm³/mol. The van der Waals surface area contributed by atoms with E-state index in [4.69, 9.17) is 9.47 Å². The normalized spacial score (nSPS) is 23.1. The summed E-state index contributed by atoms with van der Waals surface area (Å²) in [6.07, 6.45) is 5.00. The van der Waals surface area contributed by atoms with Crippen LogP contribution in [0.15, 0.2) is 18.2 Å². The molecule has 0 N–H and O–H groups in total. The second-order valence-electron chi connectivity index (χ2n) is 5.28. The van der Waals surface area contributed by atoms with Crippen LogP contribution in [0.25, 0.3) is 0 Å². The molecule has 0 aliphatic heterocycles. The molecule has 0 bridgehead atoms. The number of esters is 1. The lowest BCUT2D eigenvalue weighted by Crippen LogP contribution is -2.19. The van der Waals surface area contributed by atoms with E-state index in [0.717, 1.165) is 31.2 Å². The van der Waals surface area contributed by atoms with Gasteiger partial charge in [-0.2, -0.15) is 0 Å². The predicted octanol–water partition coefficient (Wildman–Crippen LogP) is 3.45. The van der Waals surface area contributed by atoms with E-state index in [1.807, 2.05) is 13.0 Å². The van der Waals surface area contributed by atoms with Gasteiger partial charge in [0.1, 0.15) is 0 Å². The number of carbonyl (C=O) groups excluding carboxylic acids is 1. The molecule has 0 atom stereocenters. The van der Waals surface area contributed by atoms with E-state index in [1.165, 1.54) is 12.7 Å². The summed E-state index contributed by atoms with van der Waals surface area (Å²) in [5.41, 5.74) is 3.00. The molecule has 19 heavy (non-hydrogen) atoms. The molecule has 1 aromatic carbocycles. The first-order valence-electron chi connectivity index (χ1n) is 6.87. The minimum Gasteiger partial charge on any atom is -0.465 e. The highest BCUT2D eigenvalue weighted by atomic mass is 16.5. The Morgan fingerprint density at radius 3 is 2.37 bits per heavy atom. The molecule has 0 radical (unpaired) electrons. The van der Waals surface area contributed by atoms with Gasteiger partial charge in [0.05, 0.1) is 18.8 Å². The van der Waals surface area contributed by atoms with Gasteiger partial charge in [-0.1, -0.05) is 12.1 Å². The minimum absolute atomic E-state index is 0.257. The molecule has 104 valence electrons. The van der Waals surface area contributed by atoms with Crippen molar-refractivity contribution < 1.29 is 14.3 Å². The van der Waals surface area contributed by atoms with Crippen molar-refractivity contribution in [1.29, 1.82) is 0 Å². The van der Waals surface area contributed by atoms with Crippen molar-refractivity contribution in [3.8, 4) is 0 Å². The Kier molecular flexibility index (Phi) is 4.59. The van der Waals surface area contributed by atoms with Gasteiger partial charge in [-0.15, -0.1) is 0 Å². The number of hydrogen-bond donors (Lipinski definition) is 0. The van der Waals surface area contributed by atoms with Crippen LogP contribution >= 0.6 is 0 Å². The van der Waals surface area contributed by atoms with Crippen molar-refractivity contribution >= 4 is 5.97 Å². The van der Waals surface area contributed by atoms with Crippen molar-refractivity contribution in [2.45, 2.75) is 44.6 Å². The second-order valence-corrected chi connectivity index (χ2v) is 5.28. The first-order chi connectivity index (χ1) is 9.15. The Hall–Kier alpha value is -1.35. The average Bonchev–Trinajstić information content (AvgIpc) is 2.46. The van der Waals surface area contributed by atoms with Crippen molar-refractivity contribution in [3.05, 3.63) is 34.9 Å². The zero-order valence-electron chi connectivity index (χ0n) is 11.9. The van der Waals surface area contributed by atoms with E-state index in [2.05, 4.69) is 12.1 Å². The molecule has 2 rings (SSSR count). The molecule has 0 heterocycles. The zero-order chi connectivity index (χ0) is 13.8. The molecule has 0 amide bonds. The van der Waals surface area contributed by atoms with E-state index >= 15 is 0 Å². The van der Waals surface area contributed by atoms with Crippen molar-refractivity contribution in [1.82, 2.24) is 0 Å². The highest BCUT2D eigenvalue weighted by Crippen LogP contribution is 2.34. The van der Waals surface area contributed by atoms with Gasteiger partial charge >= 0.3 is 5.97 Å². The zero-order valence-corrected chi connectivity index (χ0v) is 11.9. The van der Waals surface area contributed by atoms with Gasteiger partial charge in [-0.25, -0.2) is 4.79 Å². The van der Waals surface area contributed by atoms with Crippen LogP contribution in [-0.2, 0) is 9.47 Å². The lowest BCUT2D eigenvalue weighted by Gasteiger charge is -2.28. The average molecular weight is 262 g/mol. The number of methoxy groups -OCH3 is 2. The molecular formula is C16H22O3. The second kappa shape index (κ2) is 6.20. The van der Waals surface area contributed by atoms with Crippen LogP contribution in [0.3, 0.4) is 0 Å². The number of aryl methyl sites for hydroxylation is 1. The number of carbonyl (C=O) groups is 1. The van der Waals surface area contributed by atoms with Crippen LogP contribution in [0.2, 0.25) is 0 Å². The minimum atomic E-state index is -0.257. The third-order valence-electron chi connectivity index (χ3n) is 4.13. The summed E-state index contributed by atoms with van der Waals surface area (Å²) in [5, 5.41) is 0. The third-order valence-corrected chi connectivity index (χ3v) is 4.13. The highest BCUT2D eigenvalue weighted by Gasteiger charge is 2.22. The molecule has 0 spiro atoms. The fraction of sp³-hybridized carbons (Fsp3) is 0.562. The lowest BCUT2D eigenvalue weighted by molar-refractivity contribution is 0.0600. The highest BCUT2D eigenvalue weighted by molar-refractivity contribution is 5.91. The van der Waals surface area contributed by atoms with E-state index in [0.29, 0.717) is 17.6 Å². The molecule has 3 nitrogen and oxygen atoms in total. The number of rotatable bonds is 3. The number of benzene rings is 1. The molecule has 0 aromatic heterocycles. The van der Waals surface area contributed by atoms with Gasteiger partial charge in [0.15, 0.2) is 0 Å². The maximum atomic E-state index is 11.6. The molecule has 3 heteroatoms. The standard InChI is InChI=1S/C16H22O3/c1-11-10-13(6-9-15(11)16(17)19-3)12-4-7-14(18-2)8-5-12/h6,9-10,12,14H,4-5,7-8H2,1-3H3. The quantitative estimate of drug-likeness (QED) is 0.783. The summed E-state index contributed by atoms with van der Waals surface area (Å²) in [7, 11) is 3.21. The van der Waals surface area contributed by atoms with E-state index < -0.39 is 0 Å². The summed E-state index contributed by atoms with van der Waals surface area (Å²) in [6.45, 7) is 1.97. The number of ether oxygens (including phenoxy) is 2. The Bertz CT molecular complexity index is 445. The van der Waals surface area contributed by atoms with E-state index in [-0.39, 0.29) is 5.97 Å². The molecule has 0 unspecified atom stereocenters. The van der Waals surface area contributed by atoms with Crippen LogP contribution in [0.1, 0.15) is 53.1 Å². The van der Waals surface area contributed by atoms with Crippen molar-refractivity contribution in [2.24, 2.45) is 0 Å². The van der Waals surface area contributed by atoms with Crippen LogP contribution in [0.5, 0.6) is 0 Å². The molecule has 1 fully saturated rings. The van der Waals surface area contributed by atoms with Crippen LogP contribution < -0.4 is 0 Å². The number of hydrogen-bond acceptors (Lipinski definition) is 3. The maximum Gasteiger partial charge on any atom is 0.338 e. The largest absolute Gasteiger partial charge is 0.465 e. The van der Waals surface area contributed by atoms with Gasteiger partial charge in [-0.05, 0) is 55.7 Å². The van der Waals surface area contributed by atoms with E-state index in [1.54, 1.807) is 7.11 Å². The topological polar surface area (TPSA) is 35.5 Å². The first kappa shape index (κ1) is 14.1. The molecule has 1 aromatic rings. The Morgan fingerprint density at radius 2 is 1.84 bits per heavy atom. The van der Waals surface area contributed by atoms with Crippen molar-refractivity contribution in [2.75, 3.05) is 14.2 Å². The van der Waals surface area contributed by atoms with Crippen LogP contribution in [0, 0.1) is 6.92 Å². The van der Waals surface area contributed by atoms with Crippen LogP contribution in [0.4, 0.5) is 0 Å². The summed E-state index contributed by atoms with van der Waals surface area (Å²) >= 11 is 0. The van der Waals surface area contributed by atoms with Gasteiger partial charge in [0.25, 0.3) is 0 Å². The Morgan fingerprint density at radius 1 is 1.16 bits per heavy atom. The first-order valence-corrected chi connectivity index (χ1v) is 6.87. The SMILES string of the molecule is COC(=O)c1ccc(C2CCC(OC)CC2)cc1C. The third kappa shape index (κ3) is 3.16. The summed E-state index contributed by atoms with van der Waals surface area (Å²) < 4.78 is 10.2. The Balaban J connectivity index is 2.10. The fourth-order valence-corrected chi connectivity index (χ4v) is 2.91. The van der Waals surface area contributed by atoms with Gasteiger partial charge in [-0.3, -0.25) is 0 Å². The van der Waals surface area contributed by atoms with Crippen LogP contribution in [-0.4, -0.2) is 26.3 Å². The summed E-state index contributed by atoms with van der Waals surface area (Å²) in [6, 6.07) is 6.08. The fourth-order valence-electron chi connectivity index (χ4n) is 2.91. The van der Waals surface area contributed by atoms with Gasteiger partial charge in [0.2, 0.25) is 0 Å². The molecule has 1 aliphatic carbocycles. The lowest BCUT2D eigenvalue weighted by atomic mass is 9.82. The Labute approximate surface area is 114 Å². The van der Waals surface area contributed by atoms with Gasteiger partial charge in [0, 0.05) is 7.11 Å². The maximum absolute atomic E-state index is 11.6. The molecule has 0 saturated heterocycles. The smallest absolute Gasteiger partial charge is 0.338 e. The van der Waals surface area contributed by atoms with Gasteiger partial charge < -0.3 is 9.47 Å². The molecule has 1 saturated carbocycles. The van der Waals surface area contributed by atoms with Crippen molar-refractivity contribution in [3.63, 3.8) is 0 Å². The summed E-state index contributed by atoms with van der Waals surface area (Å²) in [4.78, 5) is 11.6. The molecular weight excluding hydrogens is 240 g/mol.